The monoisotopic (exact) mass is 218 g/mol. The van der Waals surface area contributed by atoms with Crippen molar-refractivity contribution in [2.45, 2.75) is 57.0 Å². The molecule has 0 radical (unpaired) electrons. The van der Waals surface area contributed by atoms with Crippen molar-refractivity contribution in [2.24, 2.45) is 0 Å². The molecule has 0 amide bonds. The molecule has 0 atom stereocenters. The summed E-state index contributed by atoms with van der Waals surface area (Å²) >= 11 is 5.40. The quantitative estimate of drug-likeness (QED) is 0.721. The Labute approximate surface area is 90.6 Å². The van der Waals surface area contributed by atoms with Crippen LogP contribution in [0.1, 0.15) is 51.4 Å². The Morgan fingerprint density at radius 2 is 1.93 bits per heavy atom. The predicted molar refractivity (Wildman–Crippen MR) is 57.6 cm³/mol. The summed E-state index contributed by atoms with van der Waals surface area (Å²) in [6.45, 7) is 0. The molecule has 1 saturated carbocycles. The molecule has 2 nitrogen and oxygen atoms in total. The largest absolute Gasteiger partial charge is 0.390 e. The molecule has 1 fully saturated rings. The Kier molecular flexibility index (Phi) is 4.90. The molecule has 0 spiro atoms. The van der Waals surface area contributed by atoms with Crippen LogP contribution in [-0.4, -0.2) is 22.4 Å². The highest BCUT2D eigenvalue weighted by atomic mass is 35.5. The summed E-state index contributed by atoms with van der Waals surface area (Å²) < 4.78 is 0. The van der Waals surface area contributed by atoms with E-state index in [1.165, 1.54) is 6.42 Å². The lowest BCUT2D eigenvalue weighted by atomic mass is 9.81. The first-order valence-corrected chi connectivity index (χ1v) is 6.00. The van der Waals surface area contributed by atoms with Crippen LogP contribution < -0.4 is 0 Å². The Morgan fingerprint density at radius 3 is 2.50 bits per heavy atom. The number of aliphatic hydroxyl groups is 1. The van der Waals surface area contributed by atoms with Crippen LogP contribution in [0.15, 0.2) is 0 Å². The number of rotatable bonds is 5. The molecule has 0 aliphatic heterocycles. The number of halogens is 1. The third-order valence-corrected chi connectivity index (χ3v) is 3.33. The third-order valence-electron chi connectivity index (χ3n) is 3.03. The third kappa shape index (κ3) is 3.97. The van der Waals surface area contributed by atoms with Crippen molar-refractivity contribution >= 4 is 17.4 Å². The summed E-state index contributed by atoms with van der Waals surface area (Å²) in [6.07, 6.45) is 7.36. The maximum absolute atomic E-state index is 10.9. The standard InChI is InChI=1S/C11H19ClO2/c12-9-10(13)5-4-8-11(14)6-2-1-3-7-11/h14H,1-9H2. The van der Waals surface area contributed by atoms with Crippen LogP contribution >= 0.6 is 11.6 Å². The first-order chi connectivity index (χ1) is 6.66. The lowest BCUT2D eigenvalue weighted by Gasteiger charge is -2.31. The van der Waals surface area contributed by atoms with Gasteiger partial charge in [0.15, 0.2) is 0 Å². The molecule has 1 aliphatic carbocycles. The second-order valence-electron chi connectivity index (χ2n) is 4.31. The molecule has 0 aromatic heterocycles. The molecule has 14 heavy (non-hydrogen) atoms. The van der Waals surface area contributed by atoms with E-state index in [0.29, 0.717) is 6.42 Å². The molecular formula is C11H19ClO2. The van der Waals surface area contributed by atoms with Crippen molar-refractivity contribution in [3.8, 4) is 0 Å². The van der Waals surface area contributed by atoms with E-state index in [2.05, 4.69) is 0 Å². The van der Waals surface area contributed by atoms with E-state index in [1.54, 1.807) is 0 Å². The van der Waals surface area contributed by atoms with Crippen molar-refractivity contribution in [1.29, 1.82) is 0 Å². The topological polar surface area (TPSA) is 37.3 Å². The molecule has 0 aromatic rings. The van der Waals surface area contributed by atoms with Gasteiger partial charge in [-0.25, -0.2) is 0 Å². The smallest absolute Gasteiger partial charge is 0.147 e. The minimum Gasteiger partial charge on any atom is -0.390 e. The SMILES string of the molecule is O=C(CCl)CCCC1(O)CCCCC1. The normalized spacial score (nSPS) is 20.7. The fourth-order valence-electron chi connectivity index (χ4n) is 2.14. The molecule has 0 unspecified atom stereocenters. The summed E-state index contributed by atoms with van der Waals surface area (Å²) in [4.78, 5) is 10.9. The van der Waals surface area contributed by atoms with Gasteiger partial charge in [0.2, 0.25) is 0 Å². The molecule has 1 N–H and O–H groups in total. The van der Waals surface area contributed by atoms with Crippen LogP contribution in [0.25, 0.3) is 0 Å². The number of carbonyl (C=O) groups is 1. The van der Waals surface area contributed by atoms with Crippen molar-refractivity contribution < 1.29 is 9.90 Å². The molecule has 1 aliphatic rings. The van der Waals surface area contributed by atoms with Crippen molar-refractivity contribution in [3.05, 3.63) is 0 Å². The van der Waals surface area contributed by atoms with E-state index < -0.39 is 5.60 Å². The average Bonchev–Trinajstić information content (AvgIpc) is 2.18. The van der Waals surface area contributed by atoms with Gasteiger partial charge in [0, 0.05) is 6.42 Å². The van der Waals surface area contributed by atoms with Crippen molar-refractivity contribution in [2.75, 3.05) is 5.88 Å². The summed E-state index contributed by atoms with van der Waals surface area (Å²) in [6, 6.07) is 0. The van der Waals surface area contributed by atoms with Gasteiger partial charge in [-0.15, -0.1) is 11.6 Å². The van der Waals surface area contributed by atoms with Crippen LogP contribution in [0, 0.1) is 0 Å². The number of hydrogen-bond acceptors (Lipinski definition) is 2. The number of Topliss-reactive ketones (excluding diaryl/α,β-unsaturated/α-hetero) is 1. The lowest BCUT2D eigenvalue weighted by molar-refractivity contribution is -0.117. The second kappa shape index (κ2) is 5.72. The zero-order valence-electron chi connectivity index (χ0n) is 8.60. The van der Waals surface area contributed by atoms with E-state index in [0.717, 1.165) is 38.5 Å². The van der Waals surface area contributed by atoms with Crippen LogP contribution in [0.5, 0.6) is 0 Å². The van der Waals surface area contributed by atoms with Gasteiger partial charge in [-0.1, -0.05) is 19.3 Å². The van der Waals surface area contributed by atoms with Gasteiger partial charge in [0.25, 0.3) is 0 Å². The van der Waals surface area contributed by atoms with Crippen molar-refractivity contribution in [1.82, 2.24) is 0 Å². The molecule has 0 aromatic carbocycles. The second-order valence-corrected chi connectivity index (χ2v) is 4.58. The molecule has 1 rings (SSSR count). The maximum Gasteiger partial charge on any atom is 0.147 e. The highest BCUT2D eigenvalue weighted by Gasteiger charge is 2.28. The van der Waals surface area contributed by atoms with Gasteiger partial charge in [0.1, 0.15) is 5.78 Å². The highest BCUT2D eigenvalue weighted by molar-refractivity contribution is 6.27. The number of alkyl halides is 1. The molecule has 82 valence electrons. The van der Waals surface area contributed by atoms with Gasteiger partial charge in [0.05, 0.1) is 11.5 Å². The summed E-state index contributed by atoms with van der Waals surface area (Å²) in [7, 11) is 0. The fourth-order valence-corrected chi connectivity index (χ4v) is 2.27. The summed E-state index contributed by atoms with van der Waals surface area (Å²) in [5, 5.41) is 10.1. The van der Waals surface area contributed by atoms with Crippen LogP contribution in [0.2, 0.25) is 0 Å². The molecule has 0 heterocycles. The number of ketones is 1. The summed E-state index contributed by atoms with van der Waals surface area (Å²) in [5.74, 6) is 0.199. The van der Waals surface area contributed by atoms with Gasteiger partial charge in [-0.2, -0.15) is 0 Å². The highest BCUT2D eigenvalue weighted by Crippen LogP contribution is 2.32. The fraction of sp³-hybridized carbons (Fsp3) is 0.909. The van der Waals surface area contributed by atoms with E-state index in [4.69, 9.17) is 11.6 Å². The van der Waals surface area contributed by atoms with Crippen LogP contribution in [0.3, 0.4) is 0 Å². The maximum atomic E-state index is 10.9. The molecule has 3 heteroatoms. The van der Waals surface area contributed by atoms with Crippen LogP contribution in [-0.2, 0) is 4.79 Å². The van der Waals surface area contributed by atoms with Crippen LogP contribution in [0.4, 0.5) is 0 Å². The number of carbonyl (C=O) groups excluding carboxylic acids is 1. The minimum absolute atomic E-state index is 0.0890. The average molecular weight is 219 g/mol. The minimum atomic E-state index is -0.481. The Morgan fingerprint density at radius 1 is 1.29 bits per heavy atom. The molecular weight excluding hydrogens is 200 g/mol. The zero-order valence-corrected chi connectivity index (χ0v) is 9.35. The van der Waals surface area contributed by atoms with E-state index >= 15 is 0 Å². The van der Waals surface area contributed by atoms with Gasteiger partial charge >= 0.3 is 0 Å². The lowest BCUT2D eigenvalue weighted by Crippen LogP contribution is -2.31. The van der Waals surface area contributed by atoms with E-state index in [1.807, 2.05) is 0 Å². The molecule has 0 saturated heterocycles. The Hall–Kier alpha value is -0.0800. The zero-order chi connectivity index (χ0) is 10.4. The Bertz CT molecular complexity index is 186. The van der Waals surface area contributed by atoms with Gasteiger partial charge < -0.3 is 5.11 Å². The summed E-state index contributed by atoms with van der Waals surface area (Å²) in [5.41, 5.74) is -0.481. The van der Waals surface area contributed by atoms with Gasteiger partial charge in [-0.05, 0) is 25.7 Å². The molecule has 0 bridgehead atoms. The first-order valence-electron chi connectivity index (χ1n) is 5.46. The van der Waals surface area contributed by atoms with Gasteiger partial charge in [-0.3, -0.25) is 4.79 Å². The van der Waals surface area contributed by atoms with E-state index in [9.17, 15) is 9.90 Å². The van der Waals surface area contributed by atoms with Crippen molar-refractivity contribution in [3.63, 3.8) is 0 Å². The predicted octanol–water partition coefficient (Wildman–Crippen LogP) is 2.66. The Balaban J connectivity index is 2.18. The number of hydrogen-bond donors (Lipinski definition) is 1. The first kappa shape index (κ1) is 12.0. The van der Waals surface area contributed by atoms with E-state index in [-0.39, 0.29) is 11.7 Å².